The third-order valence-corrected chi connectivity index (χ3v) is 6.41. The maximum Gasteiger partial charge on any atom is 0.307 e. The molecule has 0 radical (unpaired) electrons. The Hall–Kier alpha value is -3.22. The Morgan fingerprint density at radius 2 is 1.78 bits per heavy atom. The summed E-state index contributed by atoms with van der Waals surface area (Å²) in [5, 5.41) is 0. The lowest BCUT2D eigenvalue weighted by Crippen LogP contribution is -2.41. The van der Waals surface area contributed by atoms with E-state index in [4.69, 9.17) is 18.9 Å². The summed E-state index contributed by atoms with van der Waals surface area (Å²) in [6.45, 7) is 1.13. The van der Waals surface area contributed by atoms with Gasteiger partial charge in [0.05, 0.1) is 40.4 Å². The number of carbonyl (C=O) groups is 2. The first-order valence-corrected chi connectivity index (χ1v) is 10.9. The third kappa shape index (κ3) is 4.24. The molecule has 0 bridgehead atoms. The van der Waals surface area contributed by atoms with Crippen molar-refractivity contribution in [1.29, 1.82) is 0 Å². The first-order chi connectivity index (χ1) is 15.5. The minimum atomic E-state index is -0.409. The van der Waals surface area contributed by atoms with E-state index in [0.717, 1.165) is 28.9 Å². The summed E-state index contributed by atoms with van der Waals surface area (Å²) in [5.74, 6) is 1.84. The van der Waals surface area contributed by atoms with Crippen molar-refractivity contribution < 1.29 is 28.5 Å². The topological polar surface area (TPSA) is 74.3 Å². The molecular weight excluding hydrogens is 410 g/mol. The molecule has 2 atom stereocenters. The van der Waals surface area contributed by atoms with Crippen LogP contribution < -0.4 is 14.2 Å². The molecule has 1 amide bonds. The molecule has 0 saturated carbocycles. The maximum absolute atomic E-state index is 13.5. The summed E-state index contributed by atoms with van der Waals surface area (Å²) in [6.07, 6.45) is 1.94. The molecule has 170 valence electrons. The minimum Gasteiger partial charge on any atom is -0.493 e. The Labute approximate surface area is 188 Å². The lowest BCUT2D eigenvalue weighted by atomic mass is 9.87. The van der Waals surface area contributed by atoms with Crippen molar-refractivity contribution in [3.8, 4) is 17.2 Å². The second-order valence-corrected chi connectivity index (χ2v) is 8.12. The van der Waals surface area contributed by atoms with E-state index >= 15 is 0 Å². The van der Waals surface area contributed by atoms with E-state index in [1.807, 2.05) is 41.3 Å². The van der Waals surface area contributed by atoms with Crippen LogP contribution in [0.3, 0.4) is 0 Å². The van der Waals surface area contributed by atoms with Crippen LogP contribution >= 0.6 is 0 Å². The van der Waals surface area contributed by atoms with Crippen molar-refractivity contribution in [1.82, 2.24) is 4.90 Å². The number of hydrogen-bond acceptors (Lipinski definition) is 6. The highest BCUT2D eigenvalue weighted by molar-refractivity contribution is 5.80. The highest BCUT2D eigenvalue weighted by atomic mass is 16.5. The van der Waals surface area contributed by atoms with Crippen molar-refractivity contribution in [3.63, 3.8) is 0 Å². The van der Waals surface area contributed by atoms with E-state index in [2.05, 4.69) is 0 Å². The van der Waals surface area contributed by atoms with Gasteiger partial charge in [-0.25, -0.2) is 0 Å². The molecule has 7 nitrogen and oxygen atoms in total. The molecule has 0 aliphatic carbocycles. The van der Waals surface area contributed by atoms with E-state index in [1.54, 1.807) is 14.2 Å². The van der Waals surface area contributed by atoms with Crippen LogP contribution in [0.1, 0.15) is 47.9 Å². The fourth-order valence-electron chi connectivity index (χ4n) is 4.74. The van der Waals surface area contributed by atoms with Crippen molar-refractivity contribution in [3.05, 3.63) is 53.1 Å². The number of hydrogen-bond donors (Lipinski definition) is 0. The standard InChI is InChI=1S/C25H29NO6/c1-29-22-12-16-8-10-26(20(15-25(28)31-3)19(16)14-23(22)30-2)24(27)13-17-9-11-32-21-7-5-4-6-18(17)21/h4-7,12,14,17,20H,8-11,13,15H2,1-3H3/t17-,20-/m1/s1. The summed E-state index contributed by atoms with van der Waals surface area (Å²) >= 11 is 0. The van der Waals surface area contributed by atoms with Crippen molar-refractivity contribution in [2.24, 2.45) is 0 Å². The zero-order valence-electron chi connectivity index (χ0n) is 18.8. The lowest BCUT2D eigenvalue weighted by Gasteiger charge is -2.38. The number of esters is 1. The molecule has 0 fully saturated rings. The fraction of sp³-hybridized carbons (Fsp3) is 0.440. The molecule has 0 saturated heterocycles. The molecule has 2 aromatic carbocycles. The van der Waals surface area contributed by atoms with E-state index in [1.165, 1.54) is 7.11 Å². The van der Waals surface area contributed by atoms with E-state index in [-0.39, 0.29) is 24.2 Å². The molecule has 0 aromatic heterocycles. The van der Waals surface area contributed by atoms with Crippen LogP contribution in [0.25, 0.3) is 0 Å². The number of fused-ring (bicyclic) bond motifs is 2. The Balaban J connectivity index is 1.63. The number of nitrogens with zero attached hydrogens (tertiary/aromatic N) is 1. The first-order valence-electron chi connectivity index (χ1n) is 10.9. The number of para-hydroxylation sites is 1. The van der Waals surface area contributed by atoms with Gasteiger partial charge in [-0.1, -0.05) is 18.2 Å². The number of benzene rings is 2. The van der Waals surface area contributed by atoms with Crippen LogP contribution in [0.2, 0.25) is 0 Å². The fourth-order valence-corrected chi connectivity index (χ4v) is 4.74. The molecule has 2 heterocycles. The van der Waals surface area contributed by atoms with Gasteiger partial charge in [0.1, 0.15) is 5.75 Å². The first kappa shape index (κ1) is 22.0. The number of ether oxygens (including phenoxy) is 4. The van der Waals surface area contributed by atoms with Gasteiger partial charge < -0.3 is 23.8 Å². The minimum absolute atomic E-state index is 0.0287. The van der Waals surface area contributed by atoms with Crippen LogP contribution in [0.4, 0.5) is 0 Å². The molecule has 32 heavy (non-hydrogen) atoms. The average molecular weight is 440 g/mol. The van der Waals surface area contributed by atoms with Gasteiger partial charge in [-0.2, -0.15) is 0 Å². The highest BCUT2D eigenvalue weighted by Crippen LogP contribution is 2.41. The van der Waals surface area contributed by atoms with Crippen LogP contribution in [-0.4, -0.2) is 51.3 Å². The molecule has 2 aliphatic heterocycles. The quantitative estimate of drug-likeness (QED) is 0.640. The van der Waals surface area contributed by atoms with Crippen molar-refractivity contribution in [2.45, 2.75) is 37.6 Å². The van der Waals surface area contributed by atoms with Crippen LogP contribution in [0, 0.1) is 0 Å². The Kier molecular flexibility index (Phi) is 6.53. The van der Waals surface area contributed by atoms with Crippen LogP contribution in [0.5, 0.6) is 17.2 Å². The zero-order valence-corrected chi connectivity index (χ0v) is 18.8. The predicted octanol–water partition coefficient (Wildman–Crippen LogP) is 3.65. The molecule has 0 N–H and O–H groups in total. The normalized spacial score (nSPS) is 19.3. The van der Waals surface area contributed by atoms with Crippen molar-refractivity contribution >= 4 is 11.9 Å². The Morgan fingerprint density at radius 3 is 2.53 bits per heavy atom. The van der Waals surface area contributed by atoms with Gasteiger partial charge in [0.25, 0.3) is 0 Å². The van der Waals surface area contributed by atoms with Crippen LogP contribution in [-0.2, 0) is 20.7 Å². The predicted molar refractivity (Wildman–Crippen MR) is 118 cm³/mol. The lowest BCUT2D eigenvalue weighted by molar-refractivity contribution is -0.144. The summed E-state index contributed by atoms with van der Waals surface area (Å²) in [6, 6.07) is 11.3. The second kappa shape index (κ2) is 9.51. The van der Waals surface area contributed by atoms with Crippen molar-refractivity contribution in [2.75, 3.05) is 34.5 Å². The number of carbonyl (C=O) groups excluding carboxylic acids is 2. The van der Waals surface area contributed by atoms with Gasteiger partial charge in [0.15, 0.2) is 11.5 Å². The summed E-state index contributed by atoms with van der Waals surface area (Å²) in [7, 11) is 4.54. The molecule has 0 unspecified atom stereocenters. The van der Waals surface area contributed by atoms with E-state index in [0.29, 0.717) is 37.5 Å². The molecule has 4 rings (SSSR count). The van der Waals surface area contributed by atoms with Gasteiger partial charge in [-0.05, 0) is 53.6 Å². The largest absolute Gasteiger partial charge is 0.493 e. The monoisotopic (exact) mass is 439 g/mol. The Morgan fingerprint density at radius 1 is 1.03 bits per heavy atom. The SMILES string of the molecule is COC(=O)C[C@@H]1c2cc(OC)c(OC)cc2CCN1C(=O)C[C@H]1CCOc2ccccc21. The molecule has 2 aliphatic rings. The van der Waals surface area contributed by atoms with Gasteiger partial charge >= 0.3 is 5.97 Å². The highest BCUT2D eigenvalue weighted by Gasteiger charge is 2.35. The maximum atomic E-state index is 13.5. The number of methoxy groups -OCH3 is 3. The number of amides is 1. The van der Waals surface area contributed by atoms with Gasteiger partial charge in [0, 0.05) is 13.0 Å². The van der Waals surface area contributed by atoms with Gasteiger partial charge in [-0.3, -0.25) is 9.59 Å². The van der Waals surface area contributed by atoms with E-state index < -0.39 is 6.04 Å². The van der Waals surface area contributed by atoms with Crippen LogP contribution in [0.15, 0.2) is 36.4 Å². The molecular formula is C25H29NO6. The average Bonchev–Trinajstić information content (AvgIpc) is 2.83. The summed E-state index contributed by atoms with van der Waals surface area (Å²) in [4.78, 5) is 27.6. The summed E-state index contributed by atoms with van der Waals surface area (Å²) < 4.78 is 21.6. The zero-order chi connectivity index (χ0) is 22.7. The van der Waals surface area contributed by atoms with Gasteiger partial charge in [0.2, 0.25) is 5.91 Å². The third-order valence-electron chi connectivity index (χ3n) is 6.41. The van der Waals surface area contributed by atoms with Gasteiger partial charge in [-0.15, -0.1) is 0 Å². The Bertz CT molecular complexity index is 1000. The number of rotatable bonds is 6. The van der Waals surface area contributed by atoms with E-state index in [9.17, 15) is 9.59 Å². The molecule has 7 heteroatoms. The molecule has 2 aromatic rings. The smallest absolute Gasteiger partial charge is 0.307 e. The second-order valence-electron chi connectivity index (χ2n) is 8.12. The molecule has 0 spiro atoms. The summed E-state index contributed by atoms with van der Waals surface area (Å²) in [5.41, 5.74) is 3.03.